The lowest BCUT2D eigenvalue weighted by molar-refractivity contribution is -0.140. The number of hydrazine groups is 1. The Morgan fingerprint density at radius 1 is 1.19 bits per heavy atom. The fourth-order valence-electron chi connectivity index (χ4n) is 3.30. The second kappa shape index (κ2) is 7.18. The first kappa shape index (κ1) is 19.2. The van der Waals surface area contributed by atoms with Gasteiger partial charge in [-0.25, -0.2) is 13.2 Å². The summed E-state index contributed by atoms with van der Waals surface area (Å²) in [6, 6.07) is 4.94. The van der Waals surface area contributed by atoms with Crippen molar-refractivity contribution in [2.75, 3.05) is 12.9 Å². The van der Waals surface area contributed by atoms with Crippen molar-refractivity contribution in [3.05, 3.63) is 24.3 Å². The van der Waals surface area contributed by atoms with Crippen LogP contribution >= 0.6 is 0 Å². The second-order valence-corrected chi connectivity index (χ2v) is 8.80. The van der Waals surface area contributed by atoms with Crippen molar-refractivity contribution in [1.82, 2.24) is 15.8 Å². The van der Waals surface area contributed by atoms with E-state index in [2.05, 4.69) is 10.7 Å². The van der Waals surface area contributed by atoms with Gasteiger partial charge in [-0.1, -0.05) is 19.3 Å². The first-order chi connectivity index (χ1) is 12.7. The van der Waals surface area contributed by atoms with E-state index in [0.29, 0.717) is 23.6 Å². The van der Waals surface area contributed by atoms with Crippen LogP contribution in [0.5, 0.6) is 5.75 Å². The number of ether oxygens (including phenoxy) is 1. The highest BCUT2D eigenvalue weighted by atomic mass is 32.2. The topological polar surface area (TPSA) is 122 Å². The van der Waals surface area contributed by atoms with E-state index in [1.54, 1.807) is 0 Å². The molecule has 1 aromatic carbocycles. The van der Waals surface area contributed by atoms with Crippen molar-refractivity contribution in [2.45, 2.75) is 42.5 Å². The maximum atomic E-state index is 12.6. The summed E-state index contributed by atoms with van der Waals surface area (Å²) in [6.07, 6.45) is 4.93. The zero-order valence-electron chi connectivity index (χ0n) is 14.9. The Kier molecular flexibility index (Phi) is 5.09. The Balaban J connectivity index is 1.56. The third kappa shape index (κ3) is 4.05. The van der Waals surface area contributed by atoms with Crippen LogP contribution in [-0.2, 0) is 19.4 Å². The molecule has 4 amide bonds. The Labute approximate surface area is 156 Å². The van der Waals surface area contributed by atoms with Gasteiger partial charge in [0.1, 0.15) is 11.3 Å². The molecule has 1 spiro atoms. The number of carbonyl (C=O) groups excluding carboxylic acids is 3. The molecule has 1 heterocycles. The predicted octanol–water partition coefficient (Wildman–Crippen LogP) is 0.755. The standard InChI is InChI=1S/C17H21N3O6S/c1-27(24,25)13-7-5-12(6-8-13)26-11-14(21)19-20-15(22)17(18-16(20)23)9-3-2-4-10-17/h5-8H,2-4,9-11H2,1H3,(H,18,23)(H,19,21). The number of hydrogen-bond acceptors (Lipinski definition) is 6. The second-order valence-electron chi connectivity index (χ2n) is 6.78. The number of amides is 4. The van der Waals surface area contributed by atoms with Gasteiger partial charge in [-0.2, -0.15) is 5.01 Å². The van der Waals surface area contributed by atoms with Crippen molar-refractivity contribution in [1.29, 1.82) is 0 Å². The first-order valence-corrected chi connectivity index (χ1v) is 10.5. The highest BCUT2D eigenvalue weighted by Crippen LogP contribution is 2.32. The molecule has 1 aliphatic heterocycles. The van der Waals surface area contributed by atoms with Crippen molar-refractivity contribution in [2.24, 2.45) is 0 Å². The molecule has 1 saturated carbocycles. The number of benzene rings is 1. The summed E-state index contributed by atoms with van der Waals surface area (Å²) in [5.74, 6) is -0.824. The van der Waals surface area contributed by atoms with Gasteiger partial charge < -0.3 is 10.1 Å². The van der Waals surface area contributed by atoms with Crippen molar-refractivity contribution >= 4 is 27.7 Å². The van der Waals surface area contributed by atoms with E-state index < -0.39 is 39.8 Å². The van der Waals surface area contributed by atoms with Crippen LogP contribution in [0.4, 0.5) is 4.79 Å². The minimum atomic E-state index is -3.32. The summed E-state index contributed by atoms with van der Waals surface area (Å²) in [5, 5.41) is 3.41. The molecule has 27 heavy (non-hydrogen) atoms. The Morgan fingerprint density at radius 2 is 1.81 bits per heavy atom. The number of imide groups is 1. The largest absolute Gasteiger partial charge is 0.484 e. The van der Waals surface area contributed by atoms with Crippen LogP contribution in [0.15, 0.2) is 29.2 Å². The molecular weight excluding hydrogens is 374 g/mol. The van der Waals surface area contributed by atoms with Crippen LogP contribution in [-0.4, -0.2) is 49.7 Å². The van der Waals surface area contributed by atoms with Gasteiger partial charge in [0, 0.05) is 6.26 Å². The molecule has 10 heteroatoms. The predicted molar refractivity (Wildman–Crippen MR) is 94.4 cm³/mol. The molecule has 2 N–H and O–H groups in total. The molecule has 1 aromatic rings. The van der Waals surface area contributed by atoms with E-state index >= 15 is 0 Å². The van der Waals surface area contributed by atoms with Crippen LogP contribution in [0.2, 0.25) is 0 Å². The fourth-order valence-corrected chi connectivity index (χ4v) is 3.94. The molecule has 2 aliphatic rings. The van der Waals surface area contributed by atoms with E-state index in [-0.39, 0.29) is 4.90 Å². The molecular formula is C17H21N3O6S. The van der Waals surface area contributed by atoms with Gasteiger partial charge in [0.05, 0.1) is 4.90 Å². The van der Waals surface area contributed by atoms with E-state index in [0.717, 1.165) is 25.5 Å². The van der Waals surface area contributed by atoms with Gasteiger partial charge in [0.15, 0.2) is 16.4 Å². The van der Waals surface area contributed by atoms with Gasteiger partial charge in [-0.3, -0.25) is 15.0 Å². The summed E-state index contributed by atoms with van der Waals surface area (Å²) < 4.78 is 28.1. The van der Waals surface area contributed by atoms with E-state index in [1.807, 2.05) is 0 Å². The molecule has 146 valence electrons. The molecule has 0 atom stereocenters. The average Bonchev–Trinajstić information content (AvgIpc) is 2.84. The molecule has 0 unspecified atom stereocenters. The normalized spacial score (nSPS) is 19.1. The Bertz CT molecular complexity index is 859. The van der Waals surface area contributed by atoms with Crippen molar-refractivity contribution < 1.29 is 27.5 Å². The van der Waals surface area contributed by atoms with Crippen molar-refractivity contribution in [3.8, 4) is 5.75 Å². The van der Waals surface area contributed by atoms with Crippen molar-refractivity contribution in [3.63, 3.8) is 0 Å². The van der Waals surface area contributed by atoms with E-state index in [9.17, 15) is 22.8 Å². The SMILES string of the molecule is CS(=O)(=O)c1ccc(OCC(=O)NN2C(=O)NC3(CCCCC3)C2=O)cc1. The minimum absolute atomic E-state index is 0.136. The van der Waals surface area contributed by atoms with E-state index in [4.69, 9.17) is 4.74 Å². The monoisotopic (exact) mass is 395 g/mol. The molecule has 3 rings (SSSR count). The lowest BCUT2D eigenvalue weighted by atomic mass is 9.82. The van der Waals surface area contributed by atoms with Gasteiger partial charge in [-0.15, -0.1) is 0 Å². The highest BCUT2D eigenvalue weighted by Gasteiger charge is 2.52. The summed E-state index contributed by atoms with van der Waals surface area (Å²) in [7, 11) is -3.32. The molecule has 1 saturated heterocycles. The third-order valence-corrected chi connectivity index (χ3v) is 5.86. The molecule has 9 nitrogen and oxygen atoms in total. The molecule has 2 fully saturated rings. The van der Waals surface area contributed by atoms with Gasteiger partial charge in [0.25, 0.3) is 11.8 Å². The number of sulfone groups is 1. The van der Waals surface area contributed by atoms with Crippen LogP contribution in [0.3, 0.4) is 0 Å². The zero-order chi connectivity index (χ0) is 19.7. The molecule has 0 aromatic heterocycles. The first-order valence-electron chi connectivity index (χ1n) is 8.60. The maximum Gasteiger partial charge on any atom is 0.344 e. The summed E-state index contributed by atoms with van der Waals surface area (Å²) >= 11 is 0. The summed E-state index contributed by atoms with van der Waals surface area (Å²) in [4.78, 5) is 36.8. The lowest BCUT2D eigenvalue weighted by Crippen LogP contribution is -2.51. The fraction of sp³-hybridized carbons (Fsp3) is 0.471. The number of urea groups is 1. The van der Waals surface area contributed by atoms with Gasteiger partial charge in [0.2, 0.25) is 0 Å². The number of nitrogens with zero attached hydrogens (tertiary/aromatic N) is 1. The van der Waals surface area contributed by atoms with Crippen LogP contribution in [0.1, 0.15) is 32.1 Å². The van der Waals surface area contributed by atoms with Gasteiger partial charge in [-0.05, 0) is 37.1 Å². The summed E-state index contributed by atoms with van der Waals surface area (Å²) in [5.41, 5.74) is 1.36. The number of carbonyl (C=O) groups is 3. The van der Waals surface area contributed by atoms with Crippen LogP contribution in [0, 0.1) is 0 Å². The molecule has 1 aliphatic carbocycles. The van der Waals surface area contributed by atoms with Crippen LogP contribution < -0.4 is 15.5 Å². The molecule has 0 bridgehead atoms. The molecule has 0 radical (unpaired) electrons. The quantitative estimate of drug-likeness (QED) is 0.710. The van der Waals surface area contributed by atoms with E-state index in [1.165, 1.54) is 24.3 Å². The van der Waals surface area contributed by atoms with Gasteiger partial charge >= 0.3 is 6.03 Å². The average molecular weight is 395 g/mol. The number of nitrogens with one attached hydrogen (secondary N) is 2. The Morgan fingerprint density at radius 3 is 2.41 bits per heavy atom. The third-order valence-electron chi connectivity index (χ3n) is 4.73. The highest BCUT2D eigenvalue weighted by molar-refractivity contribution is 7.90. The zero-order valence-corrected chi connectivity index (χ0v) is 15.7. The minimum Gasteiger partial charge on any atom is -0.484 e. The van der Waals surface area contributed by atoms with Crippen LogP contribution in [0.25, 0.3) is 0 Å². The summed E-state index contributed by atoms with van der Waals surface area (Å²) in [6.45, 7) is -0.428. The number of hydrogen-bond donors (Lipinski definition) is 2. The Hall–Kier alpha value is -2.62. The maximum absolute atomic E-state index is 12.6. The smallest absolute Gasteiger partial charge is 0.344 e. The number of rotatable bonds is 5. The lowest BCUT2D eigenvalue weighted by Gasteiger charge is -2.30.